The van der Waals surface area contributed by atoms with E-state index in [2.05, 4.69) is 4.72 Å². The fourth-order valence-electron chi connectivity index (χ4n) is 3.48. The van der Waals surface area contributed by atoms with Crippen LogP contribution in [0.2, 0.25) is 5.02 Å². The maximum atomic E-state index is 12.6. The molecule has 1 aliphatic rings. The number of hydrogen-bond acceptors (Lipinski definition) is 4. The summed E-state index contributed by atoms with van der Waals surface area (Å²) in [6.45, 7) is 1.03. The van der Waals surface area contributed by atoms with Crippen LogP contribution in [0.15, 0.2) is 54.6 Å². The Kier molecular flexibility index (Phi) is 6.55. The van der Waals surface area contributed by atoms with E-state index in [0.717, 1.165) is 0 Å². The van der Waals surface area contributed by atoms with Crippen molar-refractivity contribution in [2.75, 3.05) is 19.8 Å². The van der Waals surface area contributed by atoms with Crippen LogP contribution < -0.4 is 4.72 Å². The largest absolute Gasteiger partial charge is 0.383 e. The molecule has 1 fully saturated rings. The lowest BCUT2D eigenvalue weighted by molar-refractivity contribution is -0.0663. The molecule has 2 N–H and O–H groups in total. The van der Waals surface area contributed by atoms with Gasteiger partial charge in [-0.15, -0.1) is 0 Å². The molecule has 0 radical (unpaired) electrons. The lowest BCUT2D eigenvalue weighted by Gasteiger charge is -2.39. The van der Waals surface area contributed by atoms with Crippen molar-refractivity contribution in [1.29, 1.82) is 0 Å². The van der Waals surface area contributed by atoms with E-state index in [-0.39, 0.29) is 18.2 Å². The van der Waals surface area contributed by atoms with Gasteiger partial charge in [-0.3, -0.25) is 0 Å². The molecule has 146 valence electrons. The van der Waals surface area contributed by atoms with Crippen molar-refractivity contribution < 1.29 is 18.3 Å². The first-order valence-electron chi connectivity index (χ1n) is 8.97. The topological polar surface area (TPSA) is 75.6 Å². The van der Waals surface area contributed by atoms with Crippen molar-refractivity contribution in [3.63, 3.8) is 0 Å². The number of ether oxygens (including phenoxy) is 1. The highest BCUT2D eigenvalue weighted by molar-refractivity contribution is 7.88. The molecule has 0 amide bonds. The van der Waals surface area contributed by atoms with Crippen molar-refractivity contribution in [3.8, 4) is 0 Å². The van der Waals surface area contributed by atoms with Gasteiger partial charge in [-0.05, 0) is 36.0 Å². The summed E-state index contributed by atoms with van der Waals surface area (Å²) in [4.78, 5) is 0. The standard InChI is InChI=1S/C20H24ClNO4S/c21-19-9-5-4-6-16(19)14-27(24,25)22-15-20(23,17-7-2-1-3-8-17)18-10-12-26-13-11-18/h1-9,18,22-23H,10-15H2/t20-/m1/s1. The molecule has 0 saturated carbocycles. The number of benzene rings is 2. The molecule has 5 nitrogen and oxygen atoms in total. The van der Waals surface area contributed by atoms with E-state index in [0.29, 0.717) is 42.2 Å². The third kappa shape index (κ3) is 5.09. The van der Waals surface area contributed by atoms with Crippen LogP contribution in [0.5, 0.6) is 0 Å². The van der Waals surface area contributed by atoms with Gasteiger partial charge in [0.05, 0.1) is 5.75 Å². The molecule has 0 aliphatic carbocycles. The normalized spacial score (nSPS) is 18.1. The van der Waals surface area contributed by atoms with Gasteiger partial charge in [-0.2, -0.15) is 0 Å². The van der Waals surface area contributed by atoms with Gasteiger partial charge in [0, 0.05) is 24.8 Å². The van der Waals surface area contributed by atoms with Gasteiger partial charge in [0.25, 0.3) is 0 Å². The fraction of sp³-hybridized carbons (Fsp3) is 0.400. The molecule has 3 rings (SSSR count). The molecular formula is C20H24ClNO4S. The van der Waals surface area contributed by atoms with E-state index in [1.807, 2.05) is 30.3 Å². The highest BCUT2D eigenvalue weighted by atomic mass is 35.5. The van der Waals surface area contributed by atoms with Crippen LogP contribution in [0.1, 0.15) is 24.0 Å². The lowest BCUT2D eigenvalue weighted by atomic mass is 9.77. The van der Waals surface area contributed by atoms with Gasteiger partial charge >= 0.3 is 0 Å². The first kappa shape index (κ1) is 20.3. The maximum Gasteiger partial charge on any atom is 0.215 e. The van der Waals surface area contributed by atoms with Gasteiger partial charge in [-0.1, -0.05) is 60.1 Å². The van der Waals surface area contributed by atoms with Gasteiger partial charge in [0.15, 0.2) is 0 Å². The third-order valence-corrected chi connectivity index (χ3v) is 6.68. The third-order valence-electron chi connectivity index (χ3n) is 5.04. The summed E-state index contributed by atoms with van der Waals surface area (Å²) >= 11 is 6.08. The number of nitrogens with one attached hydrogen (secondary N) is 1. The number of halogens is 1. The van der Waals surface area contributed by atoms with Crippen LogP contribution in [0.25, 0.3) is 0 Å². The first-order chi connectivity index (χ1) is 12.9. The summed E-state index contributed by atoms with van der Waals surface area (Å²) < 4.78 is 33.2. The number of sulfonamides is 1. The van der Waals surface area contributed by atoms with Crippen LogP contribution in [-0.4, -0.2) is 33.3 Å². The van der Waals surface area contributed by atoms with E-state index in [4.69, 9.17) is 16.3 Å². The van der Waals surface area contributed by atoms with Gasteiger partial charge in [-0.25, -0.2) is 13.1 Å². The summed E-state index contributed by atoms with van der Waals surface area (Å²) in [5, 5.41) is 11.9. The van der Waals surface area contributed by atoms with E-state index in [9.17, 15) is 13.5 Å². The molecule has 1 saturated heterocycles. The van der Waals surface area contributed by atoms with Crippen LogP contribution in [0.4, 0.5) is 0 Å². The zero-order valence-corrected chi connectivity index (χ0v) is 16.5. The van der Waals surface area contributed by atoms with Gasteiger partial charge < -0.3 is 9.84 Å². The summed E-state index contributed by atoms with van der Waals surface area (Å²) in [5.74, 6) is -0.317. The Hall–Kier alpha value is -1.44. The van der Waals surface area contributed by atoms with Crippen LogP contribution >= 0.6 is 11.6 Å². The summed E-state index contributed by atoms with van der Waals surface area (Å²) in [7, 11) is -3.66. The molecule has 2 aromatic carbocycles. The zero-order chi connectivity index (χ0) is 19.3. The molecule has 1 heterocycles. The zero-order valence-electron chi connectivity index (χ0n) is 15.0. The predicted molar refractivity (Wildman–Crippen MR) is 106 cm³/mol. The Bertz CT molecular complexity index is 853. The summed E-state index contributed by atoms with van der Waals surface area (Å²) in [5.41, 5.74) is -0.0585. The Morgan fingerprint density at radius 3 is 2.37 bits per heavy atom. The van der Waals surface area contributed by atoms with Crippen LogP contribution in [0, 0.1) is 5.92 Å². The Morgan fingerprint density at radius 2 is 1.70 bits per heavy atom. The minimum absolute atomic E-state index is 0.0864. The van der Waals surface area contributed by atoms with Crippen molar-refractivity contribution in [2.45, 2.75) is 24.2 Å². The Morgan fingerprint density at radius 1 is 1.07 bits per heavy atom. The number of hydrogen-bond donors (Lipinski definition) is 2. The molecule has 0 bridgehead atoms. The minimum atomic E-state index is -3.66. The van der Waals surface area contributed by atoms with Crippen molar-refractivity contribution in [1.82, 2.24) is 4.72 Å². The van der Waals surface area contributed by atoms with Crippen molar-refractivity contribution >= 4 is 21.6 Å². The molecule has 0 spiro atoms. The quantitative estimate of drug-likeness (QED) is 0.736. The van der Waals surface area contributed by atoms with Crippen LogP contribution in [0.3, 0.4) is 0 Å². The molecule has 1 atom stereocenters. The van der Waals surface area contributed by atoms with E-state index in [1.165, 1.54) is 0 Å². The minimum Gasteiger partial charge on any atom is -0.383 e. The van der Waals surface area contributed by atoms with Gasteiger partial charge in [0.1, 0.15) is 5.60 Å². The van der Waals surface area contributed by atoms with E-state index < -0.39 is 15.6 Å². The molecule has 7 heteroatoms. The smallest absolute Gasteiger partial charge is 0.215 e. The Balaban J connectivity index is 1.79. The molecule has 2 aromatic rings. The average Bonchev–Trinajstić information content (AvgIpc) is 2.69. The Labute approximate surface area is 165 Å². The summed E-state index contributed by atoms with van der Waals surface area (Å²) in [6.07, 6.45) is 1.36. The number of rotatable bonds is 7. The highest BCUT2D eigenvalue weighted by Crippen LogP contribution is 2.36. The summed E-state index contributed by atoms with van der Waals surface area (Å²) in [6, 6.07) is 16.1. The SMILES string of the molecule is O=S(=O)(Cc1ccccc1Cl)NC[C@@](O)(c1ccccc1)C1CCOCC1. The second-order valence-corrected chi connectivity index (χ2v) is 9.06. The fourth-order valence-corrected chi connectivity index (χ4v) is 4.96. The molecule has 0 aromatic heterocycles. The van der Waals surface area contributed by atoms with Crippen LogP contribution in [-0.2, 0) is 26.1 Å². The molecule has 1 aliphatic heterocycles. The van der Waals surface area contributed by atoms with Crippen molar-refractivity contribution in [2.24, 2.45) is 5.92 Å². The monoisotopic (exact) mass is 409 g/mol. The van der Waals surface area contributed by atoms with Gasteiger partial charge in [0.2, 0.25) is 10.0 Å². The second kappa shape index (κ2) is 8.71. The molecule has 27 heavy (non-hydrogen) atoms. The lowest BCUT2D eigenvalue weighted by Crippen LogP contribution is -2.47. The first-order valence-corrected chi connectivity index (χ1v) is 11.0. The molecular weight excluding hydrogens is 386 g/mol. The maximum absolute atomic E-state index is 12.6. The van der Waals surface area contributed by atoms with E-state index >= 15 is 0 Å². The number of aliphatic hydroxyl groups is 1. The van der Waals surface area contributed by atoms with Crippen molar-refractivity contribution in [3.05, 3.63) is 70.7 Å². The average molecular weight is 410 g/mol. The predicted octanol–water partition coefficient (Wildman–Crippen LogP) is 3.07. The molecule has 0 unspecified atom stereocenters. The van der Waals surface area contributed by atoms with E-state index in [1.54, 1.807) is 24.3 Å². The second-order valence-electron chi connectivity index (χ2n) is 6.85. The highest BCUT2D eigenvalue weighted by Gasteiger charge is 2.40.